The minimum atomic E-state index is -0.385. The number of likely N-dealkylation sites (tertiary alicyclic amines) is 1. The Morgan fingerprint density at radius 3 is 2.51 bits per heavy atom. The first-order valence-corrected chi connectivity index (χ1v) is 12.2. The molecule has 3 aromatic rings. The zero-order valence-corrected chi connectivity index (χ0v) is 19.9. The largest absolute Gasteiger partial charge is 0.463 e. The van der Waals surface area contributed by atoms with Crippen molar-refractivity contribution >= 4 is 11.9 Å². The molecule has 5 rings (SSSR count). The van der Waals surface area contributed by atoms with Crippen molar-refractivity contribution in [2.75, 3.05) is 6.61 Å². The standard InChI is InChI=1S/C27H29N5O3/c1-2-35-25(34)15-21-16-27(13-5-6-14-27)17-24(33)32(21)18-19-9-11-20(12-10-19)22-7-3-4-8-23(22)26-28-30-31-29-26/h3-4,7-12,15H,2,5-6,13-14,16-18H2,1H3,(H,28,29,30,31)/b21-15+. The molecule has 8 nitrogen and oxygen atoms in total. The van der Waals surface area contributed by atoms with Crippen molar-refractivity contribution in [2.24, 2.45) is 5.41 Å². The molecule has 1 N–H and O–H groups in total. The van der Waals surface area contributed by atoms with Crippen LogP contribution in [0.5, 0.6) is 0 Å². The van der Waals surface area contributed by atoms with Gasteiger partial charge < -0.3 is 9.64 Å². The molecule has 2 fully saturated rings. The van der Waals surface area contributed by atoms with E-state index in [9.17, 15) is 9.59 Å². The summed E-state index contributed by atoms with van der Waals surface area (Å²) in [7, 11) is 0. The van der Waals surface area contributed by atoms with Gasteiger partial charge in [0, 0.05) is 23.8 Å². The highest BCUT2D eigenvalue weighted by Crippen LogP contribution is 2.49. The molecule has 2 heterocycles. The number of piperidine rings is 1. The lowest BCUT2D eigenvalue weighted by Gasteiger charge is -2.40. The number of benzene rings is 2. The first-order chi connectivity index (χ1) is 17.1. The van der Waals surface area contributed by atoms with E-state index in [1.165, 1.54) is 6.08 Å². The van der Waals surface area contributed by atoms with Crippen molar-refractivity contribution < 1.29 is 14.3 Å². The molecule has 1 aliphatic heterocycles. The SMILES string of the molecule is CCOC(=O)/C=C1\CC2(CCCC2)CC(=O)N1Cc1ccc(-c2ccccc2-c2nn[nH]n2)cc1. The number of hydrogen-bond donors (Lipinski definition) is 1. The number of ether oxygens (including phenoxy) is 1. The van der Waals surface area contributed by atoms with Crippen LogP contribution in [0.1, 0.15) is 51.0 Å². The molecule has 1 aliphatic carbocycles. The van der Waals surface area contributed by atoms with Crippen LogP contribution in [0, 0.1) is 5.41 Å². The maximum atomic E-state index is 13.3. The number of H-pyrrole nitrogens is 1. The second kappa shape index (κ2) is 9.82. The number of nitrogens with one attached hydrogen (secondary N) is 1. The molecule has 0 radical (unpaired) electrons. The molecule has 2 aliphatic rings. The number of tetrazole rings is 1. The van der Waals surface area contributed by atoms with Gasteiger partial charge in [-0.15, -0.1) is 10.2 Å². The minimum Gasteiger partial charge on any atom is -0.463 e. The highest BCUT2D eigenvalue weighted by molar-refractivity contribution is 5.86. The number of amides is 1. The fourth-order valence-electron chi connectivity index (χ4n) is 5.41. The smallest absolute Gasteiger partial charge is 0.332 e. The van der Waals surface area contributed by atoms with Gasteiger partial charge in [-0.3, -0.25) is 4.79 Å². The van der Waals surface area contributed by atoms with E-state index >= 15 is 0 Å². The Labute approximate surface area is 204 Å². The van der Waals surface area contributed by atoms with E-state index in [2.05, 4.69) is 20.6 Å². The van der Waals surface area contributed by atoms with Gasteiger partial charge in [-0.2, -0.15) is 5.21 Å². The highest BCUT2D eigenvalue weighted by atomic mass is 16.5. The number of aromatic nitrogens is 4. The number of aromatic amines is 1. The van der Waals surface area contributed by atoms with Crippen molar-refractivity contribution in [2.45, 2.75) is 52.0 Å². The van der Waals surface area contributed by atoms with Gasteiger partial charge in [0.2, 0.25) is 11.7 Å². The van der Waals surface area contributed by atoms with Gasteiger partial charge in [0.1, 0.15) is 0 Å². The average Bonchev–Trinajstić information content (AvgIpc) is 3.55. The topological polar surface area (TPSA) is 101 Å². The van der Waals surface area contributed by atoms with Crippen molar-refractivity contribution in [1.82, 2.24) is 25.5 Å². The maximum absolute atomic E-state index is 13.3. The van der Waals surface area contributed by atoms with Gasteiger partial charge in [-0.05, 0) is 53.5 Å². The summed E-state index contributed by atoms with van der Waals surface area (Å²) in [6.07, 6.45) is 7.19. The zero-order valence-electron chi connectivity index (χ0n) is 19.9. The average molecular weight is 472 g/mol. The third kappa shape index (κ3) is 4.87. The number of hydrogen-bond acceptors (Lipinski definition) is 6. The summed E-state index contributed by atoms with van der Waals surface area (Å²) < 4.78 is 5.17. The summed E-state index contributed by atoms with van der Waals surface area (Å²) in [5.74, 6) is 0.238. The molecule has 180 valence electrons. The third-order valence-corrected chi connectivity index (χ3v) is 7.08. The zero-order chi connectivity index (χ0) is 24.3. The summed E-state index contributed by atoms with van der Waals surface area (Å²) in [5.41, 5.74) is 4.67. The van der Waals surface area contributed by atoms with Crippen molar-refractivity contribution in [3.05, 3.63) is 65.9 Å². The molecule has 1 spiro atoms. The maximum Gasteiger partial charge on any atom is 0.332 e. The van der Waals surface area contributed by atoms with Crippen molar-refractivity contribution in [3.63, 3.8) is 0 Å². The number of allylic oxidation sites excluding steroid dienone is 1. The van der Waals surface area contributed by atoms with Crippen LogP contribution < -0.4 is 0 Å². The molecule has 1 aromatic heterocycles. The highest BCUT2D eigenvalue weighted by Gasteiger charge is 2.43. The Kier molecular flexibility index (Phi) is 6.44. The predicted molar refractivity (Wildman–Crippen MR) is 130 cm³/mol. The van der Waals surface area contributed by atoms with Crippen LogP contribution in [0.2, 0.25) is 0 Å². The lowest BCUT2D eigenvalue weighted by Crippen LogP contribution is -2.41. The number of nitrogens with zero attached hydrogens (tertiary/aromatic N) is 4. The monoisotopic (exact) mass is 471 g/mol. The van der Waals surface area contributed by atoms with Crippen LogP contribution in [-0.2, 0) is 20.9 Å². The van der Waals surface area contributed by atoms with Gasteiger partial charge in [-0.25, -0.2) is 4.79 Å². The Balaban J connectivity index is 1.39. The lowest BCUT2D eigenvalue weighted by atomic mass is 9.75. The van der Waals surface area contributed by atoms with Gasteiger partial charge in [0.15, 0.2) is 0 Å². The van der Waals surface area contributed by atoms with Gasteiger partial charge in [0.25, 0.3) is 0 Å². The number of esters is 1. The second-order valence-corrected chi connectivity index (χ2v) is 9.41. The molecule has 2 aromatic carbocycles. The summed E-state index contributed by atoms with van der Waals surface area (Å²) in [4.78, 5) is 27.3. The van der Waals surface area contributed by atoms with Crippen LogP contribution in [0.4, 0.5) is 0 Å². The molecule has 0 unspecified atom stereocenters. The van der Waals surface area contributed by atoms with E-state index in [1.54, 1.807) is 11.8 Å². The Hall–Kier alpha value is -3.81. The van der Waals surface area contributed by atoms with Crippen LogP contribution in [0.15, 0.2) is 60.3 Å². The minimum absolute atomic E-state index is 0.00532. The summed E-state index contributed by atoms with van der Waals surface area (Å²) in [6.45, 7) is 2.53. The predicted octanol–water partition coefficient (Wildman–Crippen LogP) is 4.66. The molecule has 1 saturated carbocycles. The summed E-state index contributed by atoms with van der Waals surface area (Å²) in [5, 5.41) is 14.4. The third-order valence-electron chi connectivity index (χ3n) is 7.08. The van der Waals surface area contributed by atoms with Crippen LogP contribution >= 0.6 is 0 Å². The van der Waals surface area contributed by atoms with Crippen LogP contribution in [-0.4, -0.2) is 44.0 Å². The second-order valence-electron chi connectivity index (χ2n) is 9.41. The van der Waals surface area contributed by atoms with Crippen LogP contribution in [0.25, 0.3) is 22.5 Å². The van der Waals surface area contributed by atoms with E-state index in [0.717, 1.165) is 60.1 Å². The normalized spacial score (nSPS) is 18.4. The van der Waals surface area contributed by atoms with E-state index in [0.29, 0.717) is 25.4 Å². The van der Waals surface area contributed by atoms with Crippen molar-refractivity contribution in [3.8, 4) is 22.5 Å². The van der Waals surface area contributed by atoms with Gasteiger partial charge in [0.05, 0.1) is 13.2 Å². The van der Waals surface area contributed by atoms with E-state index in [4.69, 9.17) is 4.74 Å². The Morgan fingerprint density at radius 2 is 1.83 bits per heavy atom. The van der Waals surface area contributed by atoms with E-state index in [1.807, 2.05) is 48.5 Å². The number of rotatable bonds is 6. The van der Waals surface area contributed by atoms with E-state index < -0.39 is 0 Å². The molecule has 1 saturated heterocycles. The first-order valence-electron chi connectivity index (χ1n) is 12.2. The summed E-state index contributed by atoms with van der Waals surface area (Å²) in [6, 6.07) is 16.0. The Bertz CT molecular complexity index is 1230. The molecule has 0 bridgehead atoms. The van der Waals surface area contributed by atoms with Gasteiger partial charge in [-0.1, -0.05) is 61.4 Å². The summed E-state index contributed by atoms with van der Waals surface area (Å²) >= 11 is 0. The van der Waals surface area contributed by atoms with E-state index in [-0.39, 0.29) is 17.3 Å². The number of carbonyl (C=O) groups is 2. The molecule has 35 heavy (non-hydrogen) atoms. The molecule has 8 heteroatoms. The van der Waals surface area contributed by atoms with Crippen molar-refractivity contribution in [1.29, 1.82) is 0 Å². The first kappa shape index (κ1) is 23.0. The molecular weight excluding hydrogens is 442 g/mol. The lowest BCUT2D eigenvalue weighted by molar-refractivity contribution is -0.138. The Morgan fingerprint density at radius 1 is 1.09 bits per heavy atom. The molecular formula is C27H29N5O3. The fourth-order valence-corrected chi connectivity index (χ4v) is 5.41. The van der Waals surface area contributed by atoms with Crippen LogP contribution in [0.3, 0.4) is 0 Å². The quantitative estimate of drug-likeness (QED) is 0.414. The van der Waals surface area contributed by atoms with Gasteiger partial charge >= 0.3 is 5.97 Å². The number of carbonyl (C=O) groups excluding carboxylic acids is 2. The fraction of sp³-hybridized carbons (Fsp3) is 0.370. The molecule has 1 amide bonds. The molecule has 0 atom stereocenters.